The molecule has 2 aromatic rings. The zero-order valence-corrected chi connectivity index (χ0v) is 19.1. The maximum Gasteiger partial charge on any atom is 0.413 e. The highest BCUT2D eigenvalue weighted by Gasteiger charge is 2.21. The second kappa shape index (κ2) is 11.5. The first-order valence-electron chi connectivity index (χ1n) is 9.61. The van der Waals surface area contributed by atoms with Gasteiger partial charge in [0.1, 0.15) is 0 Å². The van der Waals surface area contributed by atoms with E-state index in [2.05, 4.69) is 25.8 Å². The second-order valence-corrected chi connectivity index (χ2v) is 7.75. The van der Waals surface area contributed by atoms with Gasteiger partial charge in [0.15, 0.2) is 6.04 Å². The maximum absolute atomic E-state index is 12.0. The average molecular weight is 481 g/mol. The lowest BCUT2D eigenvalue weighted by atomic mass is 10.0. The molecular weight excluding hydrogens is 459 g/mol. The van der Waals surface area contributed by atoms with Crippen LogP contribution in [0.2, 0.25) is 10.0 Å². The monoisotopic (exact) mass is 480 g/mol. The smallest absolute Gasteiger partial charge is 0.413 e. The van der Waals surface area contributed by atoms with Crippen molar-refractivity contribution in [3.05, 3.63) is 55.4 Å². The normalized spacial score (nSPS) is 11.5. The highest BCUT2D eigenvalue weighted by molar-refractivity contribution is 6.36. The minimum atomic E-state index is -1.39. The Bertz CT molecular complexity index is 1070. The standard InChI is InChI=1S/C20H22Cl2N6O4/c1-4-32-20(31)24-19(30)17(9-23)27-25-12-7-15(21)14(16(22)8-12)6-11-5-13(10(2)3)18(29)28-26-11/h5,7-8,10,17,25,27H,4,6H2,1-3H3,(H,28,29)(H,24,30,31). The van der Waals surface area contributed by atoms with Gasteiger partial charge in [-0.1, -0.05) is 37.0 Å². The van der Waals surface area contributed by atoms with Crippen molar-refractivity contribution >= 4 is 40.9 Å². The number of nitrogens with zero attached hydrogens (tertiary/aromatic N) is 2. The van der Waals surface area contributed by atoms with Gasteiger partial charge in [0.2, 0.25) is 0 Å². The molecule has 1 aromatic carbocycles. The predicted octanol–water partition coefficient (Wildman–Crippen LogP) is 2.87. The third-order valence-corrected chi connectivity index (χ3v) is 4.93. The Kier molecular flexibility index (Phi) is 9.02. The van der Waals surface area contributed by atoms with E-state index in [1.54, 1.807) is 31.2 Å². The largest absolute Gasteiger partial charge is 0.450 e. The maximum atomic E-state index is 12.0. The molecule has 2 rings (SSSR count). The summed E-state index contributed by atoms with van der Waals surface area (Å²) in [5.74, 6) is -0.865. The fraction of sp³-hybridized carbons (Fsp3) is 0.350. The Morgan fingerprint density at radius 1 is 1.25 bits per heavy atom. The number of hydrogen-bond acceptors (Lipinski definition) is 8. The van der Waals surface area contributed by atoms with Gasteiger partial charge in [0.05, 0.1) is 24.1 Å². The molecule has 0 radical (unpaired) electrons. The van der Waals surface area contributed by atoms with Crippen LogP contribution >= 0.6 is 23.2 Å². The first-order chi connectivity index (χ1) is 15.2. The molecule has 0 bridgehead atoms. The minimum Gasteiger partial charge on any atom is -0.450 e. The highest BCUT2D eigenvalue weighted by Crippen LogP contribution is 2.30. The van der Waals surface area contributed by atoms with Crippen LogP contribution in [0.15, 0.2) is 23.0 Å². The Morgan fingerprint density at radius 3 is 2.47 bits per heavy atom. The third-order valence-electron chi connectivity index (χ3n) is 4.26. The molecule has 1 aromatic heterocycles. The van der Waals surface area contributed by atoms with Crippen LogP contribution in [0.3, 0.4) is 0 Å². The van der Waals surface area contributed by atoms with Crippen LogP contribution < -0.4 is 21.7 Å². The lowest BCUT2D eigenvalue weighted by Crippen LogP contribution is -2.47. The Labute approximate surface area is 194 Å². The molecule has 0 saturated carbocycles. The number of carbonyl (C=O) groups excluding carboxylic acids is 2. The van der Waals surface area contributed by atoms with E-state index in [4.69, 9.17) is 28.5 Å². The van der Waals surface area contributed by atoms with Crippen molar-refractivity contribution in [1.82, 2.24) is 20.9 Å². The molecule has 0 spiro atoms. The molecule has 4 N–H and O–H groups in total. The summed E-state index contributed by atoms with van der Waals surface area (Å²) < 4.78 is 4.60. The first kappa shape index (κ1) is 25.1. The van der Waals surface area contributed by atoms with Crippen molar-refractivity contribution < 1.29 is 14.3 Å². The summed E-state index contributed by atoms with van der Waals surface area (Å²) in [6, 6.07) is 5.12. The van der Waals surface area contributed by atoms with E-state index in [0.717, 1.165) is 0 Å². The van der Waals surface area contributed by atoms with E-state index in [1.165, 1.54) is 0 Å². The molecule has 10 nitrogen and oxygen atoms in total. The van der Waals surface area contributed by atoms with Crippen molar-refractivity contribution in [3.8, 4) is 6.07 Å². The number of amides is 2. The summed E-state index contributed by atoms with van der Waals surface area (Å²) in [5, 5.41) is 18.2. The first-order valence-corrected chi connectivity index (χ1v) is 10.4. The molecule has 1 atom stereocenters. The molecule has 170 valence electrons. The van der Waals surface area contributed by atoms with Gasteiger partial charge >= 0.3 is 6.09 Å². The molecule has 0 aliphatic rings. The lowest BCUT2D eigenvalue weighted by Gasteiger charge is -2.15. The highest BCUT2D eigenvalue weighted by atomic mass is 35.5. The van der Waals surface area contributed by atoms with Crippen LogP contribution in [0, 0.1) is 11.3 Å². The molecule has 1 unspecified atom stereocenters. The van der Waals surface area contributed by atoms with Crippen LogP contribution in [-0.4, -0.2) is 34.8 Å². The van der Waals surface area contributed by atoms with E-state index < -0.39 is 18.0 Å². The number of aromatic nitrogens is 2. The van der Waals surface area contributed by atoms with Gasteiger partial charge in [0.25, 0.3) is 11.5 Å². The molecule has 0 aliphatic carbocycles. The summed E-state index contributed by atoms with van der Waals surface area (Å²) in [5.41, 5.74) is 7.07. The zero-order valence-electron chi connectivity index (χ0n) is 17.6. The topological polar surface area (TPSA) is 149 Å². The van der Waals surface area contributed by atoms with E-state index in [0.29, 0.717) is 32.6 Å². The number of rotatable bonds is 8. The summed E-state index contributed by atoms with van der Waals surface area (Å²) in [4.78, 5) is 35.2. The summed E-state index contributed by atoms with van der Waals surface area (Å²) in [7, 11) is 0. The molecule has 0 aliphatic heterocycles. The number of hydrazine groups is 1. The third kappa shape index (κ3) is 6.68. The van der Waals surface area contributed by atoms with Crippen molar-refractivity contribution in [2.45, 2.75) is 39.2 Å². The fourth-order valence-corrected chi connectivity index (χ4v) is 3.28. The van der Waals surface area contributed by atoms with Crippen molar-refractivity contribution in [2.24, 2.45) is 0 Å². The van der Waals surface area contributed by atoms with Gasteiger partial charge in [0, 0.05) is 22.0 Å². The number of halogens is 2. The number of anilines is 1. The number of hydrogen-bond donors (Lipinski definition) is 4. The molecule has 2 amide bonds. The molecule has 32 heavy (non-hydrogen) atoms. The number of nitriles is 1. The van der Waals surface area contributed by atoms with Crippen LogP contribution in [0.5, 0.6) is 0 Å². The van der Waals surface area contributed by atoms with E-state index in [9.17, 15) is 14.4 Å². The quantitative estimate of drug-likeness (QED) is 0.421. The number of benzene rings is 1. The molecule has 0 fully saturated rings. The van der Waals surface area contributed by atoms with Gasteiger partial charge in [-0.25, -0.2) is 15.3 Å². The number of carbonyl (C=O) groups is 2. The van der Waals surface area contributed by atoms with E-state index in [-0.39, 0.29) is 24.5 Å². The van der Waals surface area contributed by atoms with Gasteiger partial charge in [-0.2, -0.15) is 10.4 Å². The van der Waals surface area contributed by atoms with Gasteiger partial charge in [-0.15, -0.1) is 0 Å². The number of aromatic amines is 1. The Morgan fingerprint density at radius 2 is 1.91 bits per heavy atom. The van der Waals surface area contributed by atoms with Crippen LogP contribution in [0.1, 0.15) is 43.5 Å². The number of nitrogens with one attached hydrogen (secondary N) is 4. The number of imide groups is 1. The van der Waals surface area contributed by atoms with Crippen molar-refractivity contribution in [3.63, 3.8) is 0 Å². The second-order valence-electron chi connectivity index (χ2n) is 6.93. The van der Waals surface area contributed by atoms with Gasteiger partial charge in [-0.3, -0.25) is 14.9 Å². The van der Waals surface area contributed by atoms with Crippen LogP contribution in [0.4, 0.5) is 10.5 Å². The molecule has 12 heteroatoms. The van der Waals surface area contributed by atoms with Crippen molar-refractivity contribution in [2.75, 3.05) is 12.0 Å². The predicted molar refractivity (Wildman–Crippen MR) is 120 cm³/mol. The SMILES string of the molecule is CCOC(=O)NC(=O)C(C#N)NNc1cc(Cl)c(Cc2cc(C(C)C)c(=O)[nH]n2)c(Cl)c1. The van der Waals surface area contributed by atoms with Crippen molar-refractivity contribution in [1.29, 1.82) is 5.26 Å². The summed E-state index contributed by atoms with van der Waals surface area (Å²) in [6.07, 6.45) is -0.670. The van der Waals surface area contributed by atoms with Crippen LogP contribution in [-0.2, 0) is 16.0 Å². The Balaban J connectivity index is 2.11. The molecule has 0 saturated heterocycles. The average Bonchev–Trinajstić information content (AvgIpc) is 2.72. The number of ether oxygens (including phenoxy) is 1. The minimum absolute atomic E-state index is 0.0261. The lowest BCUT2D eigenvalue weighted by molar-refractivity contribution is -0.121. The zero-order chi connectivity index (χ0) is 23.8. The summed E-state index contributed by atoms with van der Waals surface area (Å²) in [6.45, 7) is 5.48. The number of alkyl carbamates (subject to hydrolysis) is 1. The van der Waals surface area contributed by atoms with Crippen LogP contribution in [0.25, 0.3) is 0 Å². The Hall–Kier alpha value is -3.13. The van der Waals surface area contributed by atoms with E-state index >= 15 is 0 Å². The van der Waals surface area contributed by atoms with Gasteiger partial charge < -0.3 is 10.2 Å². The molecular formula is C20H22Cl2N6O4. The fourth-order valence-electron chi connectivity index (χ4n) is 2.66. The summed E-state index contributed by atoms with van der Waals surface area (Å²) >= 11 is 12.8. The number of H-pyrrole nitrogens is 1. The van der Waals surface area contributed by atoms with E-state index in [1.807, 2.05) is 19.2 Å². The molecule has 1 heterocycles. The van der Waals surface area contributed by atoms with Gasteiger partial charge in [-0.05, 0) is 36.6 Å².